The number of hydrogen-bond donors (Lipinski definition) is 2. The van der Waals surface area contributed by atoms with Gasteiger partial charge in [-0.15, -0.1) is 0 Å². The van der Waals surface area contributed by atoms with Crippen LogP contribution in [0.2, 0.25) is 0 Å². The maximum Gasteiger partial charge on any atom is 0.307 e. The minimum atomic E-state index is -0.424. The third-order valence-electron chi connectivity index (χ3n) is 1.93. The van der Waals surface area contributed by atoms with Gasteiger partial charge >= 0.3 is 5.97 Å². The summed E-state index contributed by atoms with van der Waals surface area (Å²) < 4.78 is 4.70. The molecule has 0 radical (unpaired) electrons. The fourth-order valence-electron chi connectivity index (χ4n) is 1.19. The van der Waals surface area contributed by atoms with Crippen molar-refractivity contribution in [2.75, 3.05) is 13.2 Å². The second-order valence-corrected chi connectivity index (χ2v) is 3.24. The van der Waals surface area contributed by atoms with Gasteiger partial charge in [-0.2, -0.15) is 0 Å². The first-order valence-electron chi connectivity index (χ1n) is 5.26. The average molecular weight is 238 g/mol. The molecule has 0 fully saturated rings. The maximum atomic E-state index is 11.5. The number of ether oxygens (including phenoxy) is 1. The summed E-state index contributed by atoms with van der Waals surface area (Å²) in [6.07, 6.45) is 0.108. The Morgan fingerprint density at radius 1 is 1.41 bits per heavy atom. The second kappa shape index (κ2) is 6.47. The van der Waals surface area contributed by atoms with Crippen LogP contribution in [0.4, 0.5) is 0 Å². The molecule has 1 aromatic rings. The van der Waals surface area contributed by atoms with Crippen LogP contribution in [-0.2, 0) is 9.53 Å². The zero-order valence-electron chi connectivity index (χ0n) is 9.49. The third-order valence-corrected chi connectivity index (χ3v) is 1.93. The Morgan fingerprint density at radius 2 is 2.18 bits per heavy atom. The van der Waals surface area contributed by atoms with Crippen LogP contribution in [0.3, 0.4) is 0 Å². The molecule has 1 rings (SSSR count). The molecule has 0 aromatic carbocycles. The number of nitrogens with one attached hydrogen (secondary N) is 2. The predicted octanol–water partition coefficient (Wildman–Crippen LogP) is 0.0579. The lowest BCUT2D eigenvalue weighted by Gasteiger charge is -2.04. The van der Waals surface area contributed by atoms with E-state index in [9.17, 15) is 14.4 Å². The van der Waals surface area contributed by atoms with Crippen molar-refractivity contribution in [3.8, 4) is 0 Å². The molecular weight excluding hydrogens is 224 g/mol. The van der Waals surface area contributed by atoms with E-state index in [2.05, 4.69) is 10.3 Å². The smallest absolute Gasteiger partial charge is 0.307 e. The van der Waals surface area contributed by atoms with Crippen LogP contribution < -0.4 is 10.9 Å². The lowest BCUT2D eigenvalue weighted by Crippen LogP contribution is -2.28. The van der Waals surface area contributed by atoms with Gasteiger partial charge in [0.25, 0.3) is 5.91 Å². The molecule has 0 saturated carbocycles. The predicted molar refractivity (Wildman–Crippen MR) is 60.6 cm³/mol. The quantitative estimate of drug-likeness (QED) is 0.710. The zero-order chi connectivity index (χ0) is 12.7. The first kappa shape index (κ1) is 13.0. The van der Waals surface area contributed by atoms with E-state index in [0.717, 1.165) is 0 Å². The van der Waals surface area contributed by atoms with Crippen LogP contribution in [-0.4, -0.2) is 30.0 Å². The average Bonchev–Trinajstić information content (AvgIpc) is 2.29. The summed E-state index contributed by atoms with van der Waals surface area (Å²) in [7, 11) is 0. The molecule has 1 aromatic heterocycles. The molecule has 0 atom stereocenters. The van der Waals surface area contributed by atoms with Crippen molar-refractivity contribution in [3.63, 3.8) is 0 Å². The number of rotatable bonds is 5. The van der Waals surface area contributed by atoms with E-state index >= 15 is 0 Å². The first-order valence-corrected chi connectivity index (χ1v) is 5.26. The number of pyridine rings is 1. The third kappa shape index (κ3) is 4.50. The molecule has 1 heterocycles. The fraction of sp³-hybridized carbons (Fsp3) is 0.364. The summed E-state index contributed by atoms with van der Waals surface area (Å²) in [5.41, 5.74) is -0.176. The van der Waals surface area contributed by atoms with Gasteiger partial charge in [0.2, 0.25) is 5.56 Å². The monoisotopic (exact) mass is 238 g/mol. The van der Waals surface area contributed by atoms with Gasteiger partial charge in [0.15, 0.2) is 0 Å². The molecule has 0 aliphatic rings. The number of hydrogen-bond acceptors (Lipinski definition) is 4. The minimum Gasteiger partial charge on any atom is -0.466 e. The highest BCUT2D eigenvalue weighted by molar-refractivity contribution is 5.92. The molecule has 17 heavy (non-hydrogen) atoms. The molecule has 2 N–H and O–H groups in total. The van der Waals surface area contributed by atoms with Gasteiger partial charge in [-0.05, 0) is 13.0 Å². The summed E-state index contributed by atoms with van der Waals surface area (Å²) in [6.45, 7) is 2.21. The van der Waals surface area contributed by atoms with Gasteiger partial charge in [0.1, 0.15) is 5.69 Å². The van der Waals surface area contributed by atoms with Gasteiger partial charge < -0.3 is 15.0 Å². The molecular formula is C11H14N2O4. The van der Waals surface area contributed by atoms with E-state index in [1.807, 2.05) is 0 Å². The molecule has 6 nitrogen and oxygen atoms in total. The summed E-state index contributed by atoms with van der Waals surface area (Å²) in [5.74, 6) is -0.790. The van der Waals surface area contributed by atoms with Crippen molar-refractivity contribution < 1.29 is 14.3 Å². The van der Waals surface area contributed by atoms with Crippen LogP contribution in [0.1, 0.15) is 23.8 Å². The minimum absolute atomic E-state index is 0.108. The van der Waals surface area contributed by atoms with Crippen molar-refractivity contribution in [2.24, 2.45) is 0 Å². The lowest BCUT2D eigenvalue weighted by molar-refractivity contribution is -0.142. The summed E-state index contributed by atoms with van der Waals surface area (Å²) in [5, 5.41) is 2.51. The largest absolute Gasteiger partial charge is 0.466 e. The Hall–Kier alpha value is -2.11. The molecule has 0 aliphatic heterocycles. The van der Waals surface area contributed by atoms with E-state index in [4.69, 9.17) is 4.74 Å². The van der Waals surface area contributed by atoms with Crippen molar-refractivity contribution >= 4 is 11.9 Å². The van der Waals surface area contributed by atoms with Crippen LogP contribution in [0.5, 0.6) is 0 Å². The molecule has 6 heteroatoms. The Balaban J connectivity index is 2.40. The topological polar surface area (TPSA) is 88.3 Å². The SMILES string of the molecule is CCOC(=O)CCNC(=O)c1cccc(=O)[nH]1. The van der Waals surface area contributed by atoms with Crippen LogP contribution in [0.25, 0.3) is 0 Å². The van der Waals surface area contributed by atoms with Crippen molar-refractivity contribution in [3.05, 3.63) is 34.2 Å². The Labute approximate surface area is 98.0 Å². The Bertz CT molecular complexity index is 453. The maximum absolute atomic E-state index is 11.5. The molecule has 1 amide bonds. The van der Waals surface area contributed by atoms with E-state index in [0.29, 0.717) is 6.61 Å². The standard InChI is InChI=1S/C11H14N2O4/c1-2-17-10(15)6-7-12-11(16)8-4-3-5-9(14)13-8/h3-5H,2,6-7H2,1H3,(H,12,16)(H,13,14). The van der Waals surface area contributed by atoms with Crippen LogP contribution in [0, 0.1) is 0 Å². The van der Waals surface area contributed by atoms with Crippen LogP contribution in [0.15, 0.2) is 23.0 Å². The summed E-state index contributed by atoms with van der Waals surface area (Å²) in [6, 6.07) is 4.29. The van der Waals surface area contributed by atoms with Crippen molar-refractivity contribution in [1.82, 2.24) is 10.3 Å². The zero-order valence-corrected chi connectivity index (χ0v) is 9.49. The first-order chi connectivity index (χ1) is 8.13. The fourth-order valence-corrected chi connectivity index (χ4v) is 1.19. The van der Waals surface area contributed by atoms with Gasteiger partial charge in [-0.1, -0.05) is 6.07 Å². The Morgan fingerprint density at radius 3 is 2.82 bits per heavy atom. The molecule has 0 saturated heterocycles. The normalized spacial score (nSPS) is 9.71. The van der Waals surface area contributed by atoms with E-state index in [-0.39, 0.29) is 30.2 Å². The number of carbonyl (C=O) groups is 2. The number of amides is 1. The van der Waals surface area contributed by atoms with E-state index in [1.165, 1.54) is 18.2 Å². The van der Waals surface area contributed by atoms with Gasteiger partial charge in [0.05, 0.1) is 13.0 Å². The van der Waals surface area contributed by atoms with Gasteiger partial charge in [0, 0.05) is 12.6 Å². The molecule has 0 spiro atoms. The van der Waals surface area contributed by atoms with Gasteiger partial charge in [-0.3, -0.25) is 14.4 Å². The molecule has 92 valence electrons. The highest BCUT2D eigenvalue weighted by atomic mass is 16.5. The Kier molecular flexibility index (Phi) is 4.93. The number of H-pyrrole nitrogens is 1. The lowest BCUT2D eigenvalue weighted by atomic mass is 10.3. The van der Waals surface area contributed by atoms with E-state index < -0.39 is 5.91 Å². The highest BCUT2D eigenvalue weighted by Crippen LogP contribution is 1.91. The number of aromatic amines is 1. The highest BCUT2D eigenvalue weighted by Gasteiger charge is 2.07. The summed E-state index contributed by atoms with van der Waals surface area (Å²) in [4.78, 5) is 35.8. The van der Waals surface area contributed by atoms with Gasteiger partial charge in [-0.25, -0.2) is 0 Å². The molecule has 0 unspecified atom stereocenters. The number of aromatic nitrogens is 1. The molecule has 0 bridgehead atoms. The van der Waals surface area contributed by atoms with Crippen LogP contribution >= 0.6 is 0 Å². The number of carbonyl (C=O) groups excluding carboxylic acids is 2. The van der Waals surface area contributed by atoms with Crippen molar-refractivity contribution in [1.29, 1.82) is 0 Å². The summed E-state index contributed by atoms with van der Waals surface area (Å²) >= 11 is 0. The second-order valence-electron chi connectivity index (χ2n) is 3.24. The number of esters is 1. The van der Waals surface area contributed by atoms with E-state index in [1.54, 1.807) is 6.92 Å². The molecule has 0 aliphatic carbocycles. The van der Waals surface area contributed by atoms with Crippen molar-refractivity contribution in [2.45, 2.75) is 13.3 Å².